The summed E-state index contributed by atoms with van der Waals surface area (Å²) in [5, 5.41) is 4.95. The molecule has 2 unspecified atom stereocenters. The minimum absolute atomic E-state index is 0.142. The van der Waals surface area contributed by atoms with E-state index >= 15 is 0 Å². The highest BCUT2D eigenvalue weighted by Crippen LogP contribution is 2.38. The highest BCUT2D eigenvalue weighted by Gasteiger charge is 2.25. The van der Waals surface area contributed by atoms with Gasteiger partial charge in [-0.2, -0.15) is 0 Å². The zero-order valence-electron chi connectivity index (χ0n) is 23.0. The fraction of sp³-hybridized carbons (Fsp3) is 0.367. The number of rotatable bonds is 11. The minimum Gasteiger partial charge on any atom is -0.484 e. The minimum atomic E-state index is -0.531. The van der Waals surface area contributed by atoms with Crippen LogP contribution in [0.3, 0.4) is 0 Å². The number of nitrogens with two attached hydrogens (primary N) is 1. The van der Waals surface area contributed by atoms with Crippen LogP contribution in [0, 0.1) is 5.92 Å². The van der Waals surface area contributed by atoms with Gasteiger partial charge in [-0.05, 0) is 58.2 Å². The third kappa shape index (κ3) is 6.39. The number of carbonyl (C=O) groups excluding carboxylic acids is 1. The van der Waals surface area contributed by atoms with Crippen molar-refractivity contribution in [2.45, 2.75) is 38.5 Å². The van der Waals surface area contributed by atoms with Crippen LogP contribution in [0.5, 0.6) is 5.75 Å². The zero-order chi connectivity index (χ0) is 28.2. The molecule has 0 bridgehead atoms. The summed E-state index contributed by atoms with van der Waals surface area (Å²) in [4.78, 5) is 24.3. The number of nitrogens with one attached hydrogen (secondary N) is 1. The summed E-state index contributed by atoms with van der Waals surface area (Å²) in [6, 6.07) is 9.36. The number of fused-ring (bicyclic) bond motifs is 1. The number of dihydropyridines is 1. The smallest absolute Gasteiger partial charge is 0.262 e. The number of thiophene rings is 1. The standard InChI is InChI=1S/C30H35ClN6O2S/c1-19(22-7-4-5-8-23(22)31)39-26-16-28(40-29(26)30(32)38)37-18-35-24-15-20(9-11-25(24)37)21-10-12-27(34-17-21)33-13-6-14-36(2)3/h4-5,7-11,16-20,27,33H,6,12-15H2,1-3H3,(H2,32,38)/t19-,20?,27?/m1/s1. The normalized spacial score (nSPS) is 19.0. The molecule has 2 aliphatic rings. The average molecular weight is 579 g/mol. The monoisotopic (exact) mass is 578 g/mol. The van der Waals surface area contributed by atoms with Crippen LogP contribution >= 0.6 is 22.9 Å². The molecule has 3 heterocycles. The number of primary amides is 1. The van der Waals surface area contributed by atoms with Crippen LogP contribution in [-0.2, 0) is 6.42 Å². The number of hydrogen-bond donors (Lipinski definition) is 2. The van der Waals surface area contributed by atoms with E-state index in [1.807, 2.05) is 48.0 Å². The molecule has 3 aromatic rings. The summed E-state index contributed by atoms with van der Waals surface area (Å²) in [7, 11) is 4.18. The second-order valence-corrected chi connectivity index (χ2v) is 11.8. The van der Waals surface area contributed by atoms with Crippen LogP contribution in [-0.4, -0.2) is 59.9 Å². The van der Waals surface area contributed by atoms with Crippen LogP contribution in [0.4, 0.5) is 0 Å². The molecule has 3 atom stereocenters. The second kappa shape index (κ2) is 12.5. The van der Waals surface area contributed by atoms with E-state index in [0.717, 1.165) is 54.3 Å². The number of allylic oxidation sites excluding steroid dienone is 2. The molecule has 1 aliphatic carbocycles. The van der Waals surface area contributed by atoms with E-state index in [-0.39, 0.29) is 18.2 Å². The van der Waals surface area contributed by atoms with Gasteiger partial charge in [0.2, 0.25) is 0 Å². The Morgan fingerprint density at radius 3 is 2.90 bits per heavy atom. The molecule has 10 heteroatoms. The lowest BCUT2D eigenvalue weighted by atomic mass is 9.88. The maximum absolute atomic E-state index is 12.3. The van der Waals surface area contributed by atoms with Crippen molar-refractivity contribution in [3.05, 3.63) is 81.2 Å². The summed E-state index contributed by atoms with van der Waals surface area (Å²) in [5.74, 6) is 0.138. The summed E-state index contributed by atoms with van der Waals surface area (Å²) in [6.07, 6.45) is 13.0. The maximum Gasteiger partial charge on any atom is 0.262 e. The summed E-state index contributed by atoms with van der Waals surface area (Å²) < 4.78 is 8.18. The Hall–Kier alpha value is -3.24. The van der Waals surface area contributed by atoms with Crippen LogP contribution < -0.4 is 15.8 Å². The first kappa shape index (κ1) is 28.3. The number of halogens is 1. The number of carbonyl (C=O) groups is 1. The van der Waals surface area contributed by atoms with Crippen molar-refractivity contribution in [2.75, 3.05) is 27.2 Å². The molecule has 0 radical (unpaired) electrons. The largest absolute Gasteiger partial charge is 0.484 e. The Morgan fingerprint density at radius 1 is 1.35 bits per heavy atom. The van der Waals surface area contributed by atoms with E-state index in [0.29, 0.717) is 15.6 Å². The molecule has 0 spiro atoms. The quantitative estimate of drug-likeness (QED) is 0.302. The molecule has 40 heavy (non-hydrogen) atoms. The van der Waals surface area contributed by atoms with Gasteiger partial charge in [-0.25, -0.2) is 4.98 Å². The van der Waals surface area contributed by atoms with Gasteiger partial charge in [0.05, 0.1) is 11.4 Å². The first-order valence-electron chi connectivity index (χ1n) is 13.5. The van der Waals surface area contributed by atoms with Crippen molar-refractivity contribution < 1.29 is 9.53 Å². The highest BCUT2D eigenvalue weighted by molar-refractivity contribution is 7.16. The van der Waals surface area contributed by atoms with Crippen LogP contribution in [0.15, 0.2) is 59.4 Å². The Kier molecular flexibility index (Phi) is 8.85. The second-order valence-electron chi connectivity index (χ2n) is 10.4. The van der Waals surface area contributed by atoms with Gasteiger partial charge in [0.1, 0.15) is 34.2 Å². The van der Waals surface area contributed by atoms with Crippen molar-refractivity contribution in [2.24, 2.45) is 16.6 Å². The summed E-state index contributed by atoms with van der Waals surface area (Å²) in [6.45, 7) is 3.93. The Morgan fingerprint density at radius 2 is 2.17 bits per heavy atom. The van der Waals surface area contributed by atoms with E-state index in [4.69, 9.17) is 32.0 Å². The number of amides is 1. The maximum atomic E-state index is 12.3. The lowest BCUT2D eigenvalue weighted by Crippen LogP contribution is -2.31. The lowest BCUT2D eigenvalue weighted by Gasteiger charge is -2.23. The molecular weight excluding hydrogens is 544 g/mol. The lowest BCUT2D eigenvalue weighted by molar-refractivity contribution is 0.0998. The predicted octanol–water partition coefficient (Wildman–Crippen LogP) is 5.28. The Bertz CT molecular complexity index is 1460. The number of hydrogen-bond acceptors (Lipinski definition) is 7. The van der Waals surface area contributed by atoms with E-state index in [2.05, 4.69) is 42.5 Å². The van der Waals surface area contributed by atoms with Crippen LogP contribution in [0.2, 0.25) is 5.02 Å². The van der Waals surface area contributed by atoms with Gasteiger partial charge in [-0.15, -0.1) is 11.3 Å². The van der Waals surface area contributed by atoms with Gasteiger partial charge < -0.3 is 15.4 Å². The number of benzene rings is 1. The van der Waals surface area contributed by atoms with E-state index < -0.39 is 5.91 Å². The number of ether oxygens (including phenoxy) is 1. The van der Waals surface area contributed by atoms with Crippen molar-refractivity contribution in [1.82, 2.24) is 19.8 Å². The molecule has 0 saturated carbocycles. The SMILES string of the molecule is C[C@@H](Oc1cc(-n2cnc3c2C=CC(C2=CCC(NCCCN(C)C)N=C2)C3)sc1C(N)=O)c1ccccc1Cl. The van der Waals surface area contributed by atoms with Gasteiger partial charge in [0.25, 0.3) is 5.91 Å². The van der Waals surface area contributed by atoms with Gasteiger partial charge in [-0.1, -0.05) is 42.0 Å². The predicted molar refractivity (Wildman–Crippen MR) is 163 cm³/mol. The number of nitrogens with zero attached hydrogens (tertiary/aromatic N) is 4. The third-order valence-corrected chi connectivity index (χ3v) is 8.62. The van der Waals surface area contributed by atoms with Crippen LogP contribution in [0.25, 0.3) is 11.1 Å². The topological polar surface area (TPSA) is 97.8 Å². The fourth-order valence-electron chi connectivity index (χ4n) is 5.00. The molecule has 0 fully saturated rings. The zero-order valence-corrected chi connectivity index (χ0v) is 24.6. The van der Waals surface area contributed by atoms with Crippen molar-refractivity contribution >= 4 is 41.1 Å². The Balaban J connectivity index is 1.27. The summed E-state index contributed by atoms with van der Waals surface area (Å²) in [5.41, 5.74) is 9.78. The van der Waals surface area contributed by atoms with Crippen molar-refractivity contribution in [1.29, 1.82) is 0 Å². The van der Waals surface area contributed by atoms with E-state index in [9.17, 15) is 4.79 Å². The van der Waals surface area contributed by atoms with Crippen molar-refractivity contribution in [3.8, 4) is 10.8 Å². The molecular formula is C30H35ClN6O2S. The fourth-order valence-corrected chi connectivity index (χ4v) is 6.22. The third-order valence-electron chi connectivity index (χ3n) is 7.15. The van der Waals surface area contributed by atoms with E-state index in [1.165, 1.54) is 16.9 Å². The number of aliphatic imine (C=N–C) groups is 1. The van der Waals surface area contributed by atoms with Crippen molar-refractivity contribution in [3.63, 3.8) is 0 Å². The molecule has 8 nitrogen and oxygen atoms in total. The number of imidazole rings is 1. The molecule has 0 saturated heterocycles. The first-order chi connectivity index (χ1) is 19.3. The van der Waals surface area contributed by atoms with Gasteiger partial charge in [0.15, 0.2) is 0 Å². The number of aromatic nitrogens is 2. The highest BCUT2D eigenvalue weighted by atomic mass is 35.5. The first-order valence-corrected chi connectivity index (χ1v) is 14.7. The van der Waals surface area contributed by atoms with Crippen LogP contribution in [0.1, 0.15) is 52.5 Å². The molecule has 2 aromatic heterocycles. The molecule has 3 N–H and O–H groups in total. The average Bonchev–Trinajstić information content (AvgIpc) is 3.55. The van der Waals surface area contributed by atoms with E-state index in [1.54, 1.807) is 6.33 Å². The molecule has 1 aromatic carbocycles. The molecule has 5 rings (SSSR count). The molecule has 1 amide bonds. The van der Waals surface area contributed by atoms with Gasteiger partial charge >= 0.3 is 0 Å². The molecule has 210 valence electrons. The van der Waals surface area contributed by atoms with Gasteiger partial charge in [-0.3, -0.25) is 19.7 Å². The molecule has 1 aliphatic heterocycles. The summed E-state index contributed by atoms with van der Waals surface area (Å²) >= 11 is 7.65. The Labute approximate surface area is 244 Å². The van der Waals surface area contributed by atoms with Gasteiger partial charge in [0, 0.05) is 41.6 Å².